The number of aryl methyl sites for hydroxylation is 1. The molecule has 4 aliphatic rings. The van der Waals surface area contributed by atoms with Crippen molar-refractivity contribution in [1.82, 2.24) is 19.4 Å². The highest BCUT2D eigenvalue weighted by Crippen LogP contribution is 2.55. The molecule has 29 heavy (non-hydrogen) atoms. The van der Waals surface area contributed by atoms with Gasteiger partial charge in [-0.1, -0.05) is 13.8 Å². The molecular weight excluding hydrogens is 388 g/mol. The van der Waals surface area contributed by atoms with Crippen LogP contribution in [-0.2, 0) is 21.4 Å². The van der Waals surface area contributed by atoms with Crippen molar-refractivity contribution in [1.29, 1.82) is 0 Å². The molecule has 1 aromatic heterocycles. The Labute approximate surface area is 174 Å². The van der Waals surface area contributed by atoms with Crippen LogP contribution < -0.4 is 5.32 Å². The van der Waals surface area contributed by atoms with E-state index >= 15 is 0 Å². The van der Waals surface area contributed by atoms with Crippen molar-refractivity contribution in [3.63, 3.8) is 0 Å². The molecule has 0 saturated heterocycles. The van der Waals surface area contributed by atoms with Gasteiger partial charge in [-0.25, -0.2) is 8.42 Å². The van der Waals surface area contributed by atoms with Gasteiger partial charge in [0.2, 0.25) is 15.9 Å². The smallest absolute Gasteiger partial charge is 0.246 e. The van der Waals surface area contributed by atoms with Crippen molar-refractivity contribution in [3.05, 3.63) is 11.4 Å². The van der Waals surface area contributed by atoms with E-state index in [9.17, 15) is 13.2 Å². The van der Waals surface area contributed by atoms with Crippen molar-refractivity contribution in [2.24, 2.45) is 17.8 Å². The summed E-state index contributed by atoms with van der Waals surface area (Å²) < 4.78 is 29.0. The Hall–Kier alpha value is -1.41. The minimum absolute atomic E-state index is 0.0436. The third kappa shape index (κ3) is 3.63. The zero-order valence-corrected chi connectivity index (χ0v) is 18.9. The number of hydrogen-bond acceptors (Lipinski definition) is 4. The highest BCUT2D eigenvalue weighted by molar-refractivity contribution is 7.89. The summed E-state index contributed by atoms with van der Waals surface area (Å²) in [7, 11) is -3.60. The molecule has 8 heteroatoms. The lowest BCUT2D eigenvalue weighted by atomic mass is 9.53. The van der Waals surface area contributed by atoms with E-state index in [1.807, 2.05) is 13.8 Å². The molecule has 1 N–H and O–H groups in total. The molecule has 7 nitrogen and oxygen atoms in total. The predicted octanol–water partition coefficient (Wildman–Crippen LogP) is 2.62. The topological polar surface area (TPSA) is 84.3 Å². The fourth-order valence-corrected chi connectivity index (χ4v) is 8.47. The number of hydrogen-bond donors (Lipinski definition) is 1. The van der Waals surface area contributed by atoms with Crippen LogP contribution in [0.4, 0.5) is 0 Å². The number of aromatic nitrogens is 2. The maximum Gasteiger partial charge on any atom is 0.246 e. The average molecular weight is 423 g/mol. The van der Waals surface area contributed by atoms with Gasteiger partial charge in [0.25, 0.3) is 0 Å². The second-order valence-corrected chi connectivity index (χ2v) is 11.4. The quantitative estimate of drug-likeness (QED) is 0.732. The molecule has 162 valence electrons. The molecule has 0 aromatic carbocycles. The lowest BCUT2D eigenvalue weighted by molar-refractivity contribution is -0.127. The summed E-state index contributed by atoms with van der Waals surface area (Å²) in [6, 6.07) is 0. The van der Waals surface area contributed by atoms with Crippen molar-refractivity contribution >= 4 is 15.9 Å². The van der Waals surface area contributed by atoms with Crippen LogP contribution in [-0.4, -0.2) is 47.0 Å². The zero-order chi connectivity index (χ0) is 21.0. The number of carbonyl (C=O) groups excluding carboxylic acids is 1. The van der Waals surface area contributed by atoms with Gasteiger partial charge in [-0.05, 0) is 70.1 Å². The first-order valence-corrected chi connectivity index (χ1v) is 12.5. The first kappa shape index (κ1) is 20.8. The first-order chi connectivity index (χ1) is 13.7. The van der Waals surface area contributed by atoms with E-state index in [1.165, 1.54) is 23.6 Å². The molecule has 4 fully saturated rings. The van der Waals surface area contributed by atoms with Crippen LogP contribution in [0.3, 0.4) is 0 Å². The Morgan fingerprint density at radius 2 is 1.62 bits per heavy atom. The summed E-state index contributed by atoms with van der Waals surface area (Å²) in [5, 5.41) is 7.76. The summed E-state index contributed by atoms with van der Waals surface area (Å²) >= 11 is 0. The Balaban J connectivity index is 1.51. The second-order valence-electron chi connectivity index (χ2n) is 9.49. The zero-order valence-electron chi connectivity index (χ0n) is 18.1. The number of carbonyl (C=O) groups is 1. The van der Waals surface area contributed by atoms with E-state index in [1.54, 1.807) is 18.5 Å². The van der Waals surface area contributed by atoms with Crippen LogP contribution in [0.1, 0.15) is 63.8 Å². The van der Waals surface area contributed by atoms with E-state index in [4.69, 9.17) is 0 Å². The van der Waals surface area contributed by atoms with Gasteiger partial charge in [-0.3, -0.25) is 9.48 Å². The summed E-state index contributed by atoms with van der Waals surface area (Å²) in [6.45, 7) is 8.00. The minimum Gasteiger partial charge on any atom is -0.349 e. The lowest BCUT2D eigenvalue weighted by Gasteiger charge is -2.56. The predicted molar refractivity (Wildman–Crippen MR) is 111 cm³/mol. The van der Waals surface area contributed by atoms with Crippen LogP contribution in [0.25, 0.3) is 0 Å². The molecule has 0 spiro atoms. The molecule has 4 aliphatic carbocycles. The summed E-state index contributed by atoms with van der Waals surface area (Å²) in [6.07, 6.45) is 7.30. The van der Waals surface area contributed by atoms with Crippen LogP contribution in [0.2, 0.25) is 0 Å². The van der Waals surface area contributed by atoms with E-state index < -0.39 is 10.0 Å². The first-order valence-electron chi connectivity index (χ1n) is 11.0. The second kappa shape index (κ2) is 7.38. The molecule has 0 unspecified atom stereocenters. The van der Waals surface area contributed by atoms with Gasteiger partial charge < -0.3 is 5.32 Å². The number of sulfonamides is 1. The molecule has 4 bridgehead atoms. The van der Waals surface area contributed by atoms with Crippen molar-refractivity contribution in [3.8, 4) is 0 Å². The molecule has 5 rings (SSSR count). The third-order valence-corrected chi connectivity index (χ3v) is 9.66. The van der Waals surface area contributed by atoms with E-state index in [0.717, 1.165) is 37.0 Å². The fourth-order valence-electron chi connectivity index (χ4n) is 6.64. The Morgan fingerprint density at radius 1 is 1.10 bits per heavy atom. The molecule has 0 atom stereocenters. The van der Waals surface area contributed by atoms with Crippen LogP contribution in [0.15, 0.2) is 4.90 Å². The average Bonchev–Trinajstić information content (AvgIpc) is 2.87. The third-order valence-electron chi connectivity index (χ3n) is 7.35. The summed E-state index contributed by atoms with van der Waals surface area (Å²) in [4.78, 5) is 13.2. The van der Waals surface area contributed by atoms with Crippen LogP contribution in [0.5, 0.6) is 0 Å². The van der Waals surface area contributed by atoms with Gasteiger partial charge in [0.05, 0.1) is 11.4 Å². The van der Waals surface area contributed by atoms with Crippen LogP contribution in [0, 0.1) is 31.6 Å². The molecule has 0 aliphatic heterocycles. The number of nitrogens with zero attached hydrogens (tertiary/aromatic N) is 3. The van der Waals surface area contributed by atoms with E-state index in [0.29, 0.717) is 24.5 Å². The highest BCUT2D eigenvalue weighted by atomic mass is 32.2. The van der Waals surface area contributed by atoms with Gasteiger partial charge in [0.15, 0.2) is 0 Å². The summed E-state index contributed by atoms with van der Waals surface area (Å²) in [5.74, 6) is 2.24. The normalized spacial score (nSPS) is 30.9. The Morgan fingerprint density at radius 3 is 2.10 bits per heavy atom. The van der Waals surface area contributed by atoms with E-state index in [-0.39, 0.29) is 22.9 Å². The minimum atomic E-state index is -3.60. The fraction of sp³-hybridized carbons (Fsp3) is 0.810. The van der Waals surface area contributed by atoms with Crippen molar-refractivity contribution in [2.45, 2.75) is 83.2 Å². The number of nitrogens with one attached hydrogen (secondary N) is 1. The number of rotatable bonds is 7. The van der Waals surface area contributed by atoms with Crippen LogP contribution >= 0.6 is 0 Å². The molecular formula is C21H34N4O3S. The maximum absolute atomic E-state index is 13.0. The number of amides is 1. The SMILES string of the molecule is CCN(CC)S(=O)(=O)c1c(C)nn(CC(=O)NC23CC4CC(CC(C4)C2)C3)c1C. The maximum atomic E-state index is 13.0. The van der Waals surface area contributed by atoms with E-state index in [2.05, 4.69) is 10.4 Å². The van der Waals surface area contributed by atoms with Gasteiger partial charge in [0.1, 0.15) is 11.4 Å². The molecule has 1 heterocycles. The van der Waals surface area contributed by atoms with Gasteiger partial charge in [-0.15, -0.1) is 0 Å². The molecule has 0 radical (unpaired) electrons. The van der Waals surface area contributed by atoms with Gasteiger partial charge in [0, 0.05) is 18.6 Å². The van der Waals surface area contributed by atoms with Crippen molar-refractivity contribution < 1.29 is 13.2 Å². The van der Waals surface area contributed by atoms with Crippen molar-refractivity contribution in [2.75, 3.05) is 13.1 Å². The molecule has 1 amide bonds. The van der Waals surface area contributed by atoms with Gasteiger partial charge >= 0.3 is 0 Å². The summed E-state index contributed by atoms with van der Waals surface area (Å²) in [5.41, 5.74) is 0.949. The largest absolute Gasteiger partial charge is 0.349 e. The highest BCUT2D eigenvalue weighted by Gasteiger charge is 2.51. The van der Waals surface area contributed by atoms with Gasteiger partial charge in [-0.2, -0.15) is 9.40 Å². The molecule has 4 saturated carbocycles. The lowest BCUT2D eigenvalue weighted by Crippen LogP contribution is -2.60. The molecule has 1 aromatic rings. The monoisotopic (exact) mass is 422 g/mol. The standard InChI is InChI=1S/C21H34N4O3S/c1-5-24(6-2)29(27,28)20-14(3)23-25(15(20)4)13-19(26)22-21-10-16-7-17(11-21)9-18(8-16)12-21/h16-18H,5-13H2,1-4H3,(H,22,26). The Kier molecular flexibility index (Phi) is 5.30. The Bertz CT molecular complexity index is 866.